The molecule has 0 bridgehead atoms. The second kappa shape index (κ2) is 11.6. The number of ether oxygens (including phenoxy) is 3. The minimum absolute atomic E-state index is 0.00833. The van der Waals surface area contributed by atoms with Crippen molar-refractivity contribution < 1.29 is 23.8 Å². The van der Waals surface area contributed by atoms with E-state index < -0.39 is 5.25 Å². The number of benzene rings is 3. The molecule has 8 nitrogen and oxygen atoms in total. The van der Waals surface area contributed by atoms with Crippen molar-refractivity contribution in [3.63, 3.8) is 0 Å². The molecule has 9 heteroatoms. The standard InChI is InChI=1S/C27H27N3O5S/c1-33-20-14-12-19(13-15-20)28-27-30(17-18-8-4-6-10-22(18)34-2)26(32)24(36-27)16-25(31)29-21-9-5-7-11-23(21)35-3/h4-15,24H,16-17H2,1-3H3,(H,29,31)/t24-/m1/s1. The number of nitrogens with zero attached hydrogens (tertiary/aromatic N) is 2. The lowest BCUT2D eigenvalue weighted by molar-refractivity contribution is -0.128. The third-order valence-electron chi connectivity index (χ3n) is 5.59. The highest BCUT2D eigenvalue weighted by molar-refractivity contribution is 8.15. The quantitative estimate of drug-likeness (QED) is 0.446. The highest BCUT2D eigenvalue weighted by atomic mass is 32.2. The third-order valence-corrected chi connectivity index (χ3v) is 6.77. The molecule has 2 amide bonds. The van der Waals surface area contributed by atoms with Crippen molar-refractivity contribution in [1.82, 2.24) is 4.90 Å². The fraction of sp³-hybridized carbons (Fsp3) is 0.222. The van der Waals surface area contributed by atoms with Crippen LogP contribution in [0.1, 0.15) is 12.0 Å². The van der Waals surface area contributed by atoms with Crippen molar-refractivity contribution in [3.05, 3.63) is 78.4 Å². The monoisotopic (exact) mass is 505 g/mol. The number of thioether (sulfide) groups is 1. The molecule has 186 valence electrons. The number of anilines is 1. The Morgan fingerprint density at radius 3 is 2.28 bits per heavy atom. The number of aliphatic imine (C=N–C) groups is 1. The Bertz CT molecular complexity index is 1260. The van der Waals surface area contributed by atoms with Crippen LogP contribution in [0.2, 0.25) is 0 Å². The van der Waals surface area contributed by atoms with E-state index in [2.05, 4.69) is 5.32 Å². The fourth-order valence-electron chi connectivity index (χ4n) is 3.76. The summed E-state index contributed by atoms with van der Waals surface area (Å²) in [5.41, 5.74) is 2.07. The van der Waals surface area contributed by atoms with Crippen LogP contribution in [0.15, 0.2) is 77.8 Å². The van der Waals surface area contributed by atoms with Crippen LogP contribution < -0.4 is 19.5 Å². The first-order valence-electron chi connectivity index (χ1n) is 11.3. The molecule has 3 aromatic rings. The maximum Gasteiger partial charge on any atom is 0.242 e. The van der Waals surface area contributed by atoms with Gasteiger partial charge >= 0.3 is 0 Å². The molecule has 1 fully saturated rings. The van der Waals surface area contributed by atoms with Gasteiger partial charge in [0.15, 0.2) is 5.17 Å². The lowest BCUT2D eigenvalue weighted by atomic mass is 10.1. The number of rotatable bonds is 9. The van der Waals surface area contributed by atoms with Crippen molar-refractivity contribution in [2.45, 2.75) is 18.2 Å². The van der Waals surface area contributed by atoms with E-state index in [1.165, 1.54) is 11.8 Å². The Morgan fingerprint density at radius 2 is 1.58 bits per heavy atom. The van der Waals surface area contributed by atoms with Gasteiger partial charge in [-0.05, 0) is 42.5 Å². The maximum atomic E-state index is 13.5. The van der Waals surface area contributed by atoms with E-state index in [0.29, 0.717) is 33.8 Å². The molecule has 1 saturated heterocycles. The summed E-state index contributed by atoms with van der Waals surface area (Å²) in [5, 5.41) is 2.75. The summed E-state index contributed by atoms with van der Waals surface area (Å²) in [7, 11) is 4.73. The Morgan fingerprint density at radius 1 is 0.917 bits per heavy atom. The first-order chi connectivity index (χ1) is 17.5. The number of carbonyl (C=O) groups is 2. The van der Waals surface area contributed by atoms with Gasteiger partial charge in [0.25, 0.3) is 0 Å². The number of nitrogens with one attached hydrogen (secondary N) is 1. The maximum absolute atomic E-state index is 13.5. The Labute approximate surface area is 214 Å². The van der Waals surface area contributed by atoms with Gasteiger partial charge in [-0.25, -0.2) is 4.99 Å². The van der Waals surface area contributed by atoms with Crippen molar-refractivity contribution in [2.75, 3.05) is 26.6 Å². The minimum Gasteiger partial charge on any atom is -0.497 e. The van der Waals surface area contributed by atoms with Crippen LogP contribution in [0, 0.1) is 0 Å². The van der Waals surface area contributed by atoms with Crippen LogP contribution in [0.3, 0.4) is 0 Å². The van der Waals surface area contributed by atoms with Gasteiger partial charge in [-0.3, -0.25) is 14.5 Å². The average Bonchev–Trinajstić information content (AvgIpc) is 3.18. The summed E-state index contributed by atoms with van der Waals surface area (Å²) in [6, 6.07) is 21.9. The summed E-state index contributed by atoms with van der Waals surface area (Å²) in [4.78, 5) is 32.7. The van der Waals surface area contributed by atoms with Crippen molar-refractivity contribution in [3.8, 4) is 17.2 Å². The molecule has 1 heterocycles. The number of para-hydroxylation sites is 3. The van der Waals surface area contributed by atoms with E-state index in [0.717, 1.165) is 5.56 Å². The molecule has 1 aliphatic rings. The zero-order chi connectivity index (χ0) is 25.5. The molecule has 0 saturated carbocycles. The molecule has 4 rings (SSSR count). The molecule has 3 aromatic carbocycles. The summed E-state index contributed by atoms with van der Waals surface area (Å²) in [6.45, 7) is 0.273. The van der Waals surface area contributed by atoms with Gasteiger partial charge in [-0.2, -0.15) is 0 Å². The zero-order valence-corrected chi connectivity index (χ0v) is 21.1. The smallest absolute Gasteiger partial charge is 0.242 e. The van der Waals surface area contributed by atoms with Gasteiger partial charge < -0.3 is 19.5 Å². The molecule has 1 N–H and O–H groups in total. The Kier molecular flexibility index (Phi) is 8.12. The molecule has 0 radical (unpaired) electrons. The lowest BCUT2D eigenvalue weighted by Crippen LogP contribution is -2.33. The molecule has 0 spiro atoms. The van der Waals surface area contributed by atoms with Crippen molar-refractivity contribution >= 4 is 40.1 Å². The predicted molar refractivity (Wildman–Crippen MR) is 141 cm³/mol. The van der Waals surface area contributed by atoms with Crippen LogP contribution in [0.5, 0.6) is 17.2 Å². The van der Waals surface area contributed by atoms with E-state index in [9.17, 15) is 9.59 Å². The molecule has 36 heavy (non-hydrogen) atoms. The number of amides is 2. The zero-order valence-electron chi connectivity index (χ0n) is 20.3. The first kappa shape index (κ1) is 25.1. The van der Waals surface area contributed by atoms with Crippen LogP contribution in [0.4, 0.5) is 11.4 Å². The molecule has 1 aliphatic heterocycles. The molecule has 0 aliphatic carbocycles. The minimum atomic E-state index is -0.619. The third kappa shape index (κ3) is 5.80. The Balaban J connectivity index is 1.58. The Hall–Kier alpha value is -3.98. The van der Waals surface area contributed by atoms with Gasteiger partial charge in [-0.1, -0.05) is 42.1 Å². The number of hydrogen-bond acceptors (Lipinski definition) is 7. The SMILES string of the molecule is COc1ccc(N=C2S[C@H](CC(=O)Nc3ccccc3OC)C(=O)N2Cc2ccccc2OC)cc1. The summed E-state index contributed by atoms with van der Waals surface area (Å²) < 4.78 is 16.0. The van der Waals surface area contributed by atoms with E-state index >= 15 is 0 Å². The highest BCUT2D eigenvalue weighted by Crippen LogP contribution is 2.35. The topological polar surface area (TPSA) is 89.5 Å². The molecule has 1 atom stereocenters. The number of carbonyl (C=O) groups excluding carboxylic acids is 2. The van der Waals surface area contributed by atoms with Gasteiger partial charge in [0.2, 0.25) is 11.8 Å². The van der Waals surface area contributed by atoms with Crippen LogP contribution in [0.25, 0.3) is 0 Å². The van der Waals surface area contributed by atoms with Gasteiger partial charge in [0.05, 0.1) is 39.2 Å². The average molecular weight is 506 g/mol. The molecule has 0 unspecified atom stereocenters. The first-order valence-corrected chi connectivity index (χ1v) is 12.2. The highest BCUT2D eigenvalue weighted by Gasteiger charge is 2.39. The van der Waals surface area contributed by atoms with E-state index in [1.54, 1.807) is 38.4 Å². The van der Waals surface area contributed by atoms with Gasteiger partial charge in [0.1, 0.15) is 22.5 Å². The summed E-state index contributed by atoms with van der Waals surface area (Å²) in [6.07, 6.45) is -0.00833. The largest absolute Gasteiger partial charge is 0.497 e. The van der Waals surface area contributed by atoms with Crippen LogP contribution in [-0.4, -0.2) is 48.5 Å². The van der Waals surface area contributed by atoms with Gasteiger partial charge in [0, 0.05) is 12.0 Å². The van der Waals surface area contributed by atoms with Crippen LogP contribution in [-0.2, 0) is 16.1 Å². The van der Waals surface area contributed by atoms with E-state index in [1.807, 2.05) is 60.7 Å². The summed E-state index contributed by atoms with van der Waals surface area (Å²) in [5.74, 6) is 1.47. The predicted octanol–water partition coefficient (Wildman–Crippen LogP) is 4.87. The second-order valence-electron chi connectivity index (χ2n) is 7.89. The summed E-state index contributed by atoms with van der Waals surface area (Å²) >= 11 is 1.28. The number of amidine groups is 1. The second-order valence-corrected chi connectivity index (χ2v) is 9.06. The van der Waals surface area contributed by atoms with Crippen LogP contribution >= 0.6 is 11.8 Å². The van der Waals surface area contributed by atoms with Crippen molar-refractivity contribution in [2.24, 2.45) is 4.99 Å². The lowest BCUT2D eigenvalue weighted by Gasteiger charge is -2.18. The van der Waals surface area contributed by atoms with Crippen molar-refractivity contribution in [1.29, 1.82) is 0 Å². The number of methoxy groups -OCH3 is 3. The normalized spacial score (nSPS) is 16.2. The fourth-order valence-corrected chi connectivity index (χ4v) is 4.92. The molecular weight excluding hydrogens is 478 g/mol. The number of hydrogen-bond donors (Lipinski definition) is 1. The van der Waals surface area contributed by atoms with Gasteiger partial charge in [-0.15, -0.1) is 0 Å². The molecular formula is C27H27N3O5S. The van der Waals surface area contributed by atoms with E-state index in [4.69, 9.17) is 19.2 Å². The molecule has 0 aromatic heterocycles. The van der Waals surface area contributed by atoms with E-state index in [-0.39, 0.29) is 24.8 Å².